The molecule has 0 aliphatic heterocycles. The van der Waals surface area contributed by atoms with Crippen LogP contribution in [0.25, 0.3) is 0 Å². The Balaban J connectivity index is 2.42. The highest BCUT2D eigenvalue weighted by Gasteiger charge is 2.32. The number of hydrogen-bond donors (Lipinski definition) is 3. The molecule has 0 bridgehead atoms. The summed E-state index contributed by atoms with van der Waals surface area (Å²) < 4.78 is 15.4. The van der Waals surface area contributed by atoms with Crippen molar-refractivity contribution in [2.75, 3.05) is 43.7 Å². The fourth-order valence-corrected chi connectivity index (χ4v) is 2.49. The van der Waals surface area contributed by atoms with E-state index in [4.69, 9.17) is 25.1 Å². The zero-order valence-electron chi connectivity index (χ0n) is 16.8. The van der Waals surface area contributed by atoms with E-state index in [0.29, 0.717) is 5.56 Å². The van der Waals surface area contributed by atoms with E-state index >= 15 is 0 Å². The predicted octanol–water partition coefficient (Wildman–Crippen LogP) is 1.22. The number of ether oxygens (including phenoxy) is 3. The van der Waals surface area contributed by atoms with Gasteiger partial charge in [0.05, 0.1) is 37.9 Å². The zero-order chi connectivity index (χ0) is 22.8. The van der Waals surface area contributed by atoms with Gasteiger partial charge in [0.2, 0.25) is 11.6 Å². The van der Waals surface area contributed by atoms with Crippen LogP contribution in [0.3, 0.4) is 0 Å². The summed E-state index contributed by atoms with van der Waals surface area (Å²) in [5.74, 6) is -0.984. The van der Waals surface area contributed by atoms with E-state index < -0.39 is 28.3 Å². The maximum Gasteiger partial charge on any atom is 0.415 e. The number of aliphatic hydroxyl groups is 1. The van der Waals surface area contributed by atoms with Crippen LogP contribution in [-0.2, 0) is 16.0 Å². The normalized spacial score (nSPS) is 10.5. The summed E-state index contributed by atoms with van der Waals surface area (Å²) in [6.07, 6.45) is -0.913. The second kappa shape index (κ2) is 11.5. The summed E-state index contributed by atoms with van der Waals surface area (Å²) in [4.78, 5) is 32.1. The molecule has 0 fully saturated rings. The summed E-state index contributed by atoms with van der Waals surface area (Å²) in [5.41, 5.74) is 5.51. The Hall–Kier alpha value is -3.71. The lowest BCUT2D eigenvalue weighted by molar-refractivity contribution is -0.383. The Morgan fingerprint density at radius 2 is 2.06 bits per heavy atom. The second-order valence-electron chi connectivity index (χ2n) is 5.96. The van der Waals surface area contributed by atoms with Gasteiger partial charge in [-0.2, -0.15) is 9.97 Å². The Bertz CT molecular complexity index is 911. The quantitative estimate of drug-likeness (QED) is 0.261. The van der Waals surface area contributed by atoms with E-state index in [1.807, 2.05) is 0 Å². The van der Waals surface area contributed by atoms with Crippen molar-refractivity contribution in [3.05, 3.63) is 39.9 Å². The molecule has 31 heavy (non-hydrogen) atoms. The van der Waals surface area contributed by atoms with Gasteiger partial charge in [-0.3, -0.25) is 15.0 Å². The molecule has 168 valence electrons. The molecule has 2 rings (SSSR count). The summed E-state index contributed by atoms with van der Waals surface area (Å²) in [7, 11) is 0. The predicted molar refractivity (Wildman–Crippen MR) is 108 cm³/mol. The van der Waals surface area contributed by atoms with Crippen molar-refractivity contribution >= 4 is 23.4 Å². The second-order valence-corrected chi connectivity index (χ2v) is 5.96. The van der Waals surface area contributed by atoms with Gasteiger partial charge in [-0.05, 0) is 24.6 Å². The van der Waals surface area contributed by atoms with Gasteiger partial charge in [-0.25, -0.2) is 4.79 Å². The third-order valence-electron chi connectivity index (χ3n) is 3.74. The first kappa shape index (κ1) is 23.6. The molecule has 0 atom stereocenters. The van der Waals surface area contributed by atoms with Crippen LogP contribution in [0.1, 0.15) is 12.5 Å². The van der Waals surface area contributed by atoms with E-state index in [0.717, 1.165) is 4.90 Å². The molecule has 0 radical (unpaired) electrons. The number of nitrogen functional groups attached to an aromatic ring is 1. The van der Waals surface area contributed by atoms with Crippen LogP contribution in [0.2, 0.25) is 0 Å². The largest absolute Gasteiger partial charge is 0.508 e. The Kier molecular flexibility index (Phi) is 8.72. The summed E-state index contributed by atoms with van der Waals surface area (Å²) in [5, 5.41) is 30.0. The third kappa shape index (κ3) is 6.65. The Labute approximate surface area is 177 Å². The number of nitrogens with zero attached hydrogens (tertiary/aromatic N) is 4. The standard InChI is InChI=1S/C18H23N5O8/c1-2-30-18(26)22(11-12-4-3-5-13(25)10-12)16-14(23(27)28)15(19)20-17(21-16)31-9-8-29-7-6-24/h3-5,10,24-25H,2,6-9,11H2,1H3,(H2,19,20,21). The maximum atomic E-state index is 12.6. The van der Waals surface area contributed by atoms with Crippen molar-refractivity contribution in [2.45, 2.75) is 13.5 Å². The molecular formula is C18H23N5O8. The van der Waals surface area contributed by atoms with Crippen molar-refractivity contribution in [3.63, 3.8) is 0 Å². The van der Waals surface area contributed by atoms with Crippen LogP contribution in [0.15, 0.2) is 24.3 Å². The SMILES string of the molecule is CCOC(=O)N(Cc1cccc(O)c1)c1nc(OCCOCCO)nc(N)c1[N+](=O)[O-]. The first-order chi connectivity index (χ1) is 14.9. The van der Waals surface area contributed by atoms with Crippen LogP contribution in [0, 0.1) is 10.1 Å². The summed E-state index contributed by atoms with van der Waals surface area (Å²) >= 11 is 0. The summed E-state index contributed by atoms with van der Waals surface area (Å²) in [6, 6.07) is 5.68. The number of rotatable bonds is 11. The van der Waals surface area contributed by atoms with Gasteiger partial charge < -0.3 is 30.2 Å². The summed E-state index contributed by atoms with van der Waals surface area (Å²) in [6.45, 7) is 1.41. The monoisotopic (exact) mass is 437 g/mol. The molecule has 1 amide bonds. The number of carbonyl (C=O) groups is 1. The molecule has 0 saturated heterocycles. The number of phenolic OH excluding ortho intramolecular Hbond substituents is 1. The van der Waals surface area contributed by atoms with E-state index in [1.165, 1.54) is 12.1 Å². The molecule has 1 aromatic carbocycles. The lowest BCUT2D eigenvalue weighted by Crippen LogP contribution is -2.33. The topological polar surface area (TPSA) is 183 Å². The number of aromatic hydroxyl groups is 1. The number of amides is 1. The fourth-order valence-electron chi connectivity index (χ4n) is 2.49. The van der Waals surface area contributed by atoms with Gasteiger partial charge in [-0.1, -0.05) is 12.1 Å². The number of phenols is 1. The van der Waals surface area contributed by atoms with E-state index in [-0.39, 0.29) is 51.3 Å². The van der Waals surface area contributed by atoms with Gasteiger partial charge in [0.1, 0.15) is 12.4 Å². The van der Waals surface area contributed by atoms with E-state index in [1.54, 1.807) is 19.1 Å². The Morgan fingerprint density at radius 3 is 2.71 bits per heavy atom. The van der Waals surface area contributed by atoms with Crippen molar-refractivity contribution in [3.8, 4) is 11.8 Å². The van der Waals surface area contributed by atoms with Crippen molar-refractivity contribution in [2.24, 2.45) is 0 Å². The number of anilines is 2. The molecule has 0 spiro atoms. The number of benzene rings is 1. The highest BCUT2D eigenvalue weighted by atomic mass is 16.6. The molecule has 0 aliphatic carbocycles. The highest BCUT2D eigenvalue weighted by molar-refractivity contribution is 5.90. The minimum Gasteiger partial charge on any atom is -0.508 e. The molecule has 0 unspecified atom stereocenters. The molecule has 13 nitrogen and oxygen atoms in total. The molecule has 4 N–H and O–H groups in total. The van der Waals surface area contributed by atoms with Gasteiger partial charge >= 0.3 is 17.8 Å². The van der Waals surface area contributed by atoms with Crippen LogP contribution in [-0.4, -0.2) is 64.2 Å². The van der Waals surface area contributed by atoms with E-state index in [2.05, 4.69) is 9.97 Å². The van der Waals surface area contributed by atoms with Gasteiger partial charge in [0.25, 0.3) is 0 Å². The number of aromatic nitrogens is 2. The van der Waals surface area contributed by atoms with Crippen molar-refractivity contribution in [1.29, 1.82) is 0 Å². The number of carbonyl (C=O) groups excluding carboxylic acids is 1. The van der Waals surface area contributed by atoms with Crippen LogP contribution in [0.4, 0.5) is 22.1 Å². The van der Waals surface area contributed by atoms with Gasteiger partial charge in [0.15, 0.2) is 0 Å². The average molecular weight is 437 g/mol. The number of nitrogens with two attached hydrogens (primary N) is 1. The zero-order valence-corrected chi connectivity index (χ0v) is 16.8. The van der Waals surface area contributed by atoms with E-state index in [9.17, 15) is 20.0 Å². The van der Waals surface area contributed by atoms with Crippen LogP contribution < -0.4 is 15.4 Å². The first-order valence-electron chi connectivity index (χ1n) is 9.22. The van der Waals surface area contributed by atoms with Crippen LogP contribution in [0.5, 0.6) is 11.8 Å². The number of aliphatic hydroxyl groups excluding tert-OH is 1. The minimum atomic E-state index is -0.913. The third-order valence-corrected chi connectivity index (χ3v) is 3.74. The first-order valence-corrected chi connectivity index (χ1v) is 9.22. The smallest absolute Gasteiger partial charge is 0.415 e. The molecule has 2 aromatic rings. The molecular weight excluding hydrogens is 414 g/mol. The lowest BCUT2D eigenvalue weighted by atomic mass is 10.2. The average Bonchev–Trinajstić information content (AvgIpc) is 2.71. The molecule has 1 aromatic heterocycles. The Morgan fingerprint density at radius 1 is 1.29 bits per heavy atom. The highest BCUT2D eigenvalue weighted by Crippen LogP contribution is 2.34. The number of hydrogen-bond acceptors (Lipinski definition) is 11. The minimum absolute atomic E-state index is 0.00922. The lowest BCUT2D eigenvalue weighted by Gasteiger charge is -2.21. The van der Waals surface area contributed by atoms with Crippen molar-refractivity contribution < 1.29 is 34.1 Å². The molecule has 1 heterocycles. The van der Waals surface area contributed by atoms with Crippen molar-refractivity contribution in [1.82, 2.24) is 9.97 Å². The fraction of sp³-hybridized carbons (Fsp3) is 0.389. The van der Waals surface area contributed by atoms with Crippen LogP contribution >= 0.6 is 0 Å². The van der Waals surface area contributed by atoms with Gasteiger partial charge in [0, 0.05) is 0 Å². The maximum absolute atomic E-state index is 12.6. The van der Waals surface area contributed by atoms with Gasteiger partial charge in [-0.15, -0.1) is 0 Å². The number of nitro groups is 1. The molecule has 13 heteroatoms. The molecule has 0 aliphatic rings. The molecule has 0 saturated carbocycles.